The smallest absolute Gasteiger partial charge is 0.328 e. The minimum absolute atomic E-state index is 0.0226. The van der Waals surface area contributed by atoms with E-state index in [-0.39, 0.29) is 25.1 Å². The quantitative estimate of drug-likeness (QED) is 0.760. The summed E-state index contributed by atoms with van der Waals surface area (Å²) >= 11 is 3.40. The summed E-state index contributed by atoms with van der Waals surface area (Å²) in [4.78, 5) is 37.5. The number of benzene rings is 1. The van der Waals surface area contributed by atoms with Crippen LogP contribution in [-0.2, 0) is 11.3 Å². The summed E-state index contributed by atoms with van der Waals surface area (Å²) in [7, 11) is 1.68. The van der Waals surface area contributed by atoms with Gasteiger partial charge in [0, 0.05) is 29.5 Å². The van der Waals surface area contributed by atoms with E-state index in [9.17, 15) is 14.7 Å². The summed E-state index contributed by atoms with van der Waals surface area (Å²) < 4.78 is 0.941. The molecule has 0 spiro atoms. The number of allylic oxidation sites excluding steroid dienone is 2. The first-order valence-corrected chi connectivity index (χ1v) is 9.90. The van der Waals surface area contributed by atoms with Crippen LogP contribution in [0.5, 0.6) is 0 Å². The van der Waals surface area contributed by atoms with Gasteiger partial charge in [-0.25, -0.2) is 9.79 Å². The second-order valence-corrected chi connectivity index (χ2v) is 8.06. The molecule has 0 radical (unpaired) electrons. The van der Waals surface area contributed by atoms with Gasteiger partial charge in [0.15, 0.2) is 12.2 Å². The number of guanidine groups is 1. The number of aliphatic hydroxyl groups is 1. The largest absolute Gasteiger partial charge is 0.395 e. The zero-order valence-corrected chi connectivity index (χ0v) is 17.5. The van der Waals surface area contributed by atoms with Gasteiger partial charge in [0.2, 0.25) is 5.96 Å². The lowest BCUT2D eigenvalue weighted by Crippen LogP contribution is -2.64. The van der Waals surface area contributed by atoms with Crippen molar-refractivity contribution in [3.8, 4) is 0 Å². The second kappa shape index (κ2) is 6.89. The van der Waals surface area contributed by atoms with E-state index < -0.39 is 12.2 Å². The molecule has 2 unspecified atom stereocenters. The fraction of sp³-hybridized carbons (Fsp3) is 0.421. The number of aliphatic imine (C=N–C) groups is 1. The van der Waals surface area contributed by atoms with Gasteiger partial charge in [0.05, 0.1) is 13.2 Å². The Labute approximate surface area is 171 Å². The molecule has 3 heterocycles. The number of halogens is 1. The van der Waals surface area contributed by atoms with Gasteiger partial charge in [-0.1, -0.05) is 28.1 Å². The number of nitrogens with zero attached hydrogens (tertiary/aromatic N) is 5. The summed E-state index contributed by atoms with van der Waals surface area (Å²) in [5.41, 5.74) is 2.75. The summed E-state index contributed by atoms with van der Waals surface area (Å²) in [6.45, 7) is 4.47. The number of rotatable bonds is 4. The number of amides is 3. The number of carbonyl (C=O) groups excluding carboxylic acids is 2. The maximum absolute atomic E-state index is 13.4. The lowest BCUT2D eigenvalue weighted by Gasteiger charge is -2.40. The number of aliphatic hydroxyl groups excluding tert-OH is 1. The maximum atomic E-state index is 13.4. The molecule has 4 rings (SSSR count). The van der Waals surface area contributed by atoms with Gasteiger partial charge in [-0.15, -0.1) is 0 Å². The lowest BCUT2D eigenvalue weighted by molar-refractivity contribution is -0.137. The molecule has 148 valence electrons. The average molecular weight is 448 g/mol. The first-order chi connectivity index (χ1) is 13.3. The summed E-state index contributed by atoms with van der Waals surface area (Å²) in [5, 5.41) is 9.40. The molecule has 1 fully saturated rings. The van der Waals surface area contributed by atoms with Crippen molar-refractivity contribution in [2.45, 2.75) is 32.6 Å². The van der Waals surface area contributed by atoms with Gasteiger partial charge in [0.1, 0.15) is 0 Å². The maximum Gasteiger partial charge on any atom is 0.328 e. The Morgan fingerprint density at radius 1 is 1.11 bits per heavy atom. The van der Waals surface area contributed by atoms with Crippen molar-refractivity contribution in [1.82, 2.24) is 19.6 Å². The van der Waals surface area contributed by atoms with E-state index in [1.54, 1.807) is 7.05 Å². The zero-order chi connectivity index (χ0) is 20.2. The van der Waals surface area contributed by atoms with Gasteiger partial charge in [0.25, 0.3) is 5.91 Å². The van der Waals surface area contributed by atoms with Gasteiger partial charge in [-0.3, -0.25) is 14.6 Å². The van der Waals surface area contributed by atoms with Gasteiger partial charge < -0.3 is 14.9 Å². The third-order valence-corrected chi connectivity index (χ3v) is 6.11. The Bertz CT molecular complexity index is 897. The highest BCUT2D eigenvalue weighted by Gasteiger charge is 2.55. The Balaban J connectivity index is 1.66. The Morgan fingerprint density at radius 3 is 2.43 bits per heavy atom. The van der Waals surface area contributed by atoms with Crippen LogP contribution in [0.1, 0.15) is 19.4 Å². The highest BCUT2D eigenvalue weighted by atomic mass is 79.9. The third kappa shape index (κ3) is 2.72. The summed E-state index contributed by atoms with van der Waals surface area (Å²) in [6.07, 6.45) is -0.569. The molecule has 9 heteroatoms. The van der Waals surface area contributed by atoms with E-state index in [4.69, 9.17) is 0 Å². The molecule has 1 aromatic rings. The Hall–Kier alpha value is -2.39. The highest BCUT2D eigenvalue weighted by molar-refractivity contribution is 9.10. The lowest BCUT2D eigenvalue weighted by atomic mass is 10.1. The van der Waals surface area contributed by atoms with E-state index in [2.05, 4.69) is 20.9 Å². The molecule has 1 saturated heterocycles. The van der Waals surface area contributed by atoms with E-state index in [0.29, 0.717) is 12.5 Å². The number of β-amino-alcohol motifs (C(OH)–C–C–N with tert-alkyl or cyclic N) is 1. The summed E-state index contributed by atoms with van der Waals surface area (Å²) in [5.74, 6) is 0.366. The van der Waals surface area contributed by atoms with Gasteiger partial charge in [-0.05, 0) is 31.5 Å². The second-order valence-electron chi connectivity index (χ2n) is 7.15. The minimum Gasteiger partial charge on any atom is -0.395 e. The fourth-order valence-electron chi connectivity index (χ4n) is 3.97. The predicted octanol–water partition coefficient (Wildman–Crippen LogP) is 1.77. The molecule has 3 aliphatic rings. The van der Waals surface area contributed by atoms with Crippen LogP contribution in [0.2, 0.25) is 0 Å². The molecular weight excluding hydrogens is 426 g/mol. The van der Waals surface area contributed by atoms with Crippen molar-refractivity contribution in [2.24, 2.45) is 4.99 Å². The van der Waals surface area contributed by atoms with Crippen LogP contribution in [-0.4, -0.2) is 75.0 Å². The fourth-order valence-corrected chi connectivity index (χ4v) is 4.23. The van der Waals surface area contributed by atoms with Crippen LogP contribution in [0.25, 0.3) is 0 Å². The van der Waals surface area contributed by atoms with Crippen LogP contribution in [0, 0.1) is 0 Å². The van der Waals surface area contributed by atoms with Crippen LogP contribution in [0.3, 0.4) is 0 Å². The molecule has 0 aromatic heterocycles. The molecule has 2 atom stereocenters. The number of hydrogen-bond donors (Lipinski definition) is 1. The van der Waals surface area contributed by atoms with Crippen LogP contribution in [0.15, 0.2) is 45.1 Å². The summed E-state index contributed by atoms with van der Waals surface area (Å²) in [6, 6.07) is 6.61. The first kappa shape index (κ1) is 18.9. The molecule has 0 saturated carbocycles. The number of imide groups is 1. The van der Waals surface area contributed by atoms with Crippen LogP contribution >= 0.6 is 15.9 Å². The van der Waals surface area contributed by atoms with E-state index in [1.165, 1.54) is 9.80 Å². The van der Waals surface area contributed by atoms with Gasteiger partial charge >= 0.3 is 6.03 Å². The number of fused-ring (bicyclic) bond motifs is 3. The first-order valence-electron chi connectivity index (χ1n) is 9.10. The van der Waals surface area contributed by atoms with E-state index in [0.717, 1.165) is 21.4 Å². The predicted molar refractivity (Wildman–Crippen MR) is 107 cm³/mol. The van der Waals surface area contributed by atoms with Crippen molar-refractivity contribution < 1.29 is 14.7 Å². The zero-order valence-electron chi connectivity index (χ0n) is 16.0. The Kier molecular flexibility index (Phi) is 4.67. The standard InChI is InChI=1S/C19H22BrN5O3/c1-11-12(2)25-15-16(21-18(25)23(11)8-9-26)22(3)19(28)24(17(15)27)10-13-4-6-14(20)7-5-13/h4-7,15-16,26H,8-10H2,1-3H3. The minimum atomic E-state index is -0.591. The van der Waals surface area contributed by atoms with Crippen molar-refractivity contribution in [3.05, 3.63) is 45.7 Å². The number of carbonyl (C=O) groups is 2. The third-order valence-electron chi connectivity index (χ3n) is 5.58. The Morgan fingerprint density at radius 2 is 1.79 bits per heavy atom. The van der Waals surface area contributed by atoms with Crippen molar-refractivity contribution in [1.29, 1.82) is 0 Å². The highest BCUT2D eigenvalue weighted by Crippen LogP contribution is 2.37. The van der Waals surface area contributed by atoms with Crippen LogP contribution < -0.4 is 0 Å². The molecular formula is C19H22BrN5O3. The SMILES string of the molecule is CC1=C(C)N2C(=NC3C2C(=O)N(Cc2ccc(Br)cc2)C(=O)N3C)N1CCO. The number of urea groups is 1. The normalized spacial score (nSPS) is 24.2. The van der Waals surface area contributed by atoms with Crippen molar-refractivity contribution in [3.63, 3.8) is 0 Å². The monoisotopic (exact) mass is 447 g/mol. The average Bonchev–Trinajstić information content (AvgIpc) is 3.17. The molecule has 1 aromatic carbocycles. The number of hydrogen-bond acceptors (Lipinski definition) is 6. The van der Waals surface area contributed by atoms with Crippen molar-refractivity contribution in [2.75, 3.05) is 20.2 Å². The van der Waals surface area contributed by atoms with Crippen LogP contribution in [0.4, 0.5) is 4.79 Å². The molecule has 0 bridgehead atoms. The topological polar surface area (TPSA) is 79.7 Å². The molecule has 8 nitrogen and oxygen atoms in total. The molecule has 3 amide bonds. The van der Waals surface area contributed by atoms with E-state index in [1.807, 2.05) is 47.9 Å². The molecule has 0 aliphatic carbocycles. The van der Waals surface area contributed by atoms with Gasteiger partial charge in [-0.2, -0.15) is 0 Å². The van der Waals surface area contributed by atoms with Crippen molar-refractivity contribution >= 4 is 33.8 Å². The molecule has 1 N–H and O–H groups in total. The molecule has 28 heavy (non-hydrogen) atoms. The molecule has 3 aliphatic heterocycles. The van der Waals surface area contributed by atoms with E-state index >= 15 is 0 Å². The number of likely N-dealkylation sites (N-methyl/N-ethyl adjacent to an activating group) is 1.